The van der Waals surface area contributed by atoms with Crippen LogP contribution in [0, 0.1) is 27.7 Å². The van der Waals surface area contributed by atoms with Gasteiger partial charge in [0.25, 0.3) is 0 Å². The molecule has 0 bridgehead atoms. The van der Waals surface area contributed by atoms with E-state index >= 15 is 0 Å². The van der Waals surface area contributed by atoms with Crippen LogP contribution in [-0.2, 0) is 4.74 Å². The van der Waals surface area contributed by atoms with Crippen LogP contribution in [0.15, 0.2) is 24.3 Å². The lowest BCUT2D eigenvalue weighted by molar-refractivity contribution is 0.00692. The lowest BCUT2D eigenvalue weighted by Crippen LogP contribution is -2.24. The normalized spacial score (nSPS) is 11.7. The molecule has 0 radical (unpaired) electrons. The molecule has 0 spiro atoms. The molecule has 2 aromatic carbocycles. The van der Waals surface area contributed by atoms with Gasteiger partial charge in [-0.3, -0.25) is 0 Å². The Morgan fingerprint density at radius 2 is 1.06 bits per heavy atom. The lowest BCUT2D eigenvalue weighted by Gasteiger charge is -2.22. The van der Waals surface area contributed by atoms with E-state index < -0.39 is 17.7 Å². The summed E-state index contributed by atoms with van der Waals surface area (Å²) in [5, 5.41) is 0. The molecule has 2 rings (SSSR count). The van der Waals surface area contributed by atoms with Crippen LogP contribution in [0.25, 0.3) is 0 Å². The first kappa shape index (κ1) is 25.2. The fourth-order valence-corrected chi connectivity index (χ4v) is 3.24. The molecular formula is C26H34O6. The molecule has 0 aliphatic heterocycles. The summed E-state index contributed by atoms with van der Waals surface area (Å²) in [6.45, 7) is 18.6. The molecule has 0 heterocycles. The summed E-state index contributed by atoms with van der Waals surface area (Å²) in [6, 6.07) is 6.93. The van der Waals surface area contributed by atoms with E-state index in [1.165, 1.54) is 0 Å². The Labute approximate surface area is 190 Å². The Morgan fingerprint density at radius 1 is 0.656 bits per heavy atom. The summed E-state index contributed by atoms with van der Waals surface area (Å²) < 4.78 is 22.3. The molecular weight excluding hydrogens is 408 g/mol. The zero-order valence-corrected chi connectivity index (χ0v) is 20.8. The van der Waals surface area contributed by atoms with E-state index in [0.717, 1.165) is 11.1 Å². The smallest absolute Gasteiger partial charge is 0.488 e. The highest BCUT2D eigenvalue weighted by Crippen LogP contribution is 2.32. The van der Waals surface area contributed by atoms with Crippen molar-refractivity contribution >= 4 is 12.1 Å². The first-order valence-corrected chi connectivity index (χ1v) is 10.6. The van der Waals surface area contributed by atoms with Crippen molar-refractivity contribution in [2.24, 2.45) is 0 Å². The average molecular weight is 443 g/mol. The molecule has 6 nitrogen and oxygen atoms in total. The van der Waals surface area contributed by atoms with Crippen LogP contribution in [0.4, 0.5) is 4.79 Å². The Kier molecular flexibility index (Phi) is 7.28. The van der Waals surface area contributed by atoms with Gasteiger partial charge in [0.1, 0.15) is 28.5 Å². The van der Waals surface area contributed by atoms with Gasteiger partial charge in [-0.15, -0.1) is 0 Å². The van der Waals surface area contributed by atoms with E-state index in [4.69, 9.17) is 18.9 Å². The zero-order valence-electron chi connectivity index (χ0n) is 20.8. The molecule has 32 heavy (non-hydrogen) atoms. The Balaban J connectivity index is 2.19. The molecule has 0 N–H and O–H groups in total. The third-order valence-electron chi connectivity index (χ3n) is 4.32. The topological polar surface area (TPSA) is 71.1 Å². The number of ether oxygens (including phenoxy) is 4. The third-order valence-corrected chi connectivity index (χ3v) is 4.32. The minimum atomic E-state index is -0.850. The highest BCUT2D eigenvalue weighted by Gasteiger charge is 2.22. The number of carbonyl (C=O) groups excluding carboxylic acids is 2. The van der Waals surface area contributed by atoms with E-state index in [9.17, 15) is 9.59 Å². The number of hydrogen-bond acceptors (Lipinski definition) is 6. The second-order valence-electron chi connectivity index (χ2n) is 10.00. The molecule has 0 amide bonds. The molecule has 0 aliphatic carbocycles. The molecule has 0 unspecified atom stereocenters. The van der Waals surface area contributed by atoms with Crippen molar-refractivity contribution in [1.82, 2.24) is 0 Å². The second kappa shape index (κ2) is 9.23. The van der Waals surface area contributed by atoms with Gasteiger partial charge in [0.15, 0.2) is 0 Å². The van der Waals surface area contributed by atoms with Crippen molar-refractivity contribution < 1.29 is 28.5 Å². The Bertz CT molecular complexity index is 976. The van der Waals surface area contributed by atoms with Crippen molar-refractivity contribution in [1.29, 1.82) is 0 Å². The van der Waals surface area contributed by atoms with E-state index in [0.29, 0.717) is 33.9 Å². The molecule has 0 aliphatic rings. The van der Waals surface area contributed by atoms with Crippen LogP contribution in [0.3, 0.4) is 0 Å². The molecule has 0 aromatic heterocycles. The predicted molar refractivity (Wildman–Crippen MR) is 124 cm³/mol. The Morgan fingerprint density at radius 3 is 1.44 bits per heavy atom. The standard InChI is InChI=1S/C26H34O6/c1-15-11-19(23(27)32-26(8,9)10)12-16(2)21(15)29-24(28)30-22-17(3)13-20(14-18(22)4)31-25(5,6)7/h11-14H,1-10H3. The fraction of sp³-hybridized carbons (Fsp3) is 0.462. The molecule has 0 saturated heterocycles. The third kappa shape index (κ3) is 7.01. The van der Waals surface area contributed by atoms with E-state index in [1.54, 1.807) is 26.0 Å². The maximum absolute atomic E-state index is 12.5. The van der Waals surface area contributed by atoms with Gasteiger partial charge in [-0.25, -0.2) is 9.59 Å². The van der Waals surface area contributed by atoms with Gasteiger partial charge in [-0.05, 0) is 116 Å². The van der Waals surface area contributed by atoms with Crippen molar-refractivity contribution in [2.75, 3.05) is 0 Å². The van der Waals surface area contributed by atoms with E-state index in [2.05, 4.69) is 0 Å². The summed E-state index contributed by atoms with van der Waals surface area (Å²) in [5.41, 5.74) is 2.25. The summed E-state index contributed by atoms with van der Waals surface area (Å²) >= 11 is 0. The average Bonchev–Trinajstić information content (AvgIpc) is 2.58. The first-order valence-electron chi connectivity index (χ1n) is 10.6. The minimum absolute atomic E-state index is 0.333. The molecule has 0 atom stereocenters. The minimum Gasteiger partial charge on any atom is -0.488 e. The summed E-state index contributed by atoms with van der Waals surface area (Å²) in [5.74, 6) is 1.06. The lowest BCUT2D eigenvalue weighted by atomic mass is 10.1. The quantitative estimate of drug-likeness (QED) is 0.391. The van der Waals surface area contributed by atoms with Gasteiger partial charge >= 0.3 is 12.1 Å². The number of esters is 1. The van der Waals surface area contributed by atoms with E-state index in [-0.39, 0.29) is 5.60 Å². The molecule has 174 valence electrons. The summed E-state index contributed by atoms with van der Waals surface area (Å²) in [6.07, 6.45) is -0.850. The highest BCUT2D eigenvalue weighted by molar-refractivity contribution is 5.90. The summed E-state index contributed by atoms with van der Waals surface area (Å²) in [7, 11) is 0. The van der Waals surface area contributed by atoms with Crippen LogP contribution in [0.5, 0.6) is 17.2 Å². The molecule has 0 saturated carbocycles. The van der Waals surface area contributed by atoms with E-state index in [1.807, 2.05) is 67.5 Å². The molecule has 6 heteroatoms. The van der Waals surface area contributed by atoms with Crippen molar-refractivity contribution in [2.45, 2.75) is 80.4 Å². The van der Waals surface area contributed by atoms with Crippen LogP contribution < -0.4 is 14.2 Å². The van der Waals surface area contributed by atoms with Gasteiger partial charge in [-0.2, -0.15) is 0 Å². The maximum atomic E-state index is 12.5. The van der Waals surface area contributed by atoms with Gasteiger partial charge in [-0.1, -0.05) is 0 Å². The Hall–Kier alpha value is -3.02. The second-order valence-corrected chi connectivity index (χ2v) is 10.00. The van der Waals surface area contributed by atoms with Gasteiger partial charge in [0.2, 0.25) is 0 Å². The number of carbonyl (C=O) groups is 2. The SMILES string of the molecule is Cc1cc(OC(C)(C)C)cc(C)c1OC(=O)Oc1c(C)cc(C(=O)OC(C)(C)C)cc1C. The largest absolute Gasteiger partial charge is 0.519 e. The van der Waals surface area contributed by atoms with Crippen molar-refractivity contribution in [3.8, 4) is 17.2 Å². The number of benzene rings is 2. The van der Waals surface area contributed by atoms with Crippen LogP contribution in [-0.4, -0.2) is 23.3 Å². The number of rotatable bonds is 4. The first-order chi connectivity index (χ1) is 14.6. The predicted octanol–water partition coefficient (Wildman–Crippen LogP) is 6.63. The fourth-order valence-electron chi connectivity index (χ4n) is 3.24. The van der Waals surface area contributed by atoms with Crippen LogP contribution in [0.2, 0.25) is 0 Å². The maximum Gasteiger partial charge on any atom is 0.519 e. The number of hydrogen-bond donors (Lipinski definition) is 0. The molecule has 2 aromatic rings. The van der Waals surface area contributed by atoms with Gasteiger partial charge in [0.05, 0.1) is 5.56 Å². The van der Waals surface area contributed by atoms with Gasteiger partial charge in [0, 0.05) is 0 Å². The zero-order chi connectivity index (χ0) is 24.4. The van der Waals surface area contributed by atoms with Crippen molar-refractivity contribution in [3.05, 3.63) is 52.1 Å². The molecule has 0 fully saturated rings. The van der Waals surface area contributed by atoms with Crippen LogP contribution >= 0.6 is 0 Å². The van der Waals surface area contributed by atoms with Gasteiger partial charge < -0.3 is 18.9 Å². The summed E-state index contributed by atoms with van der Waals surface area (Å²) in [4.78, 5) is 24.9. The monoisotopic (exact) mass is 442 g/mol. The van der Waals surface area contributed by atoms with Crippen molar-refractivity contribution in [3.63, 3.8) is 0 Å². The highest BCUT2D eigenvalue weighted by atomic mass is 16.7. The van der Waals surface area contributed by atoms with Crippen LogP contribution in [0.1, 0.15) is 74.2 Å². The number of aryl methyl sites for hydroxylation is 4.